The number of nitrogens with one attached hydrogen (secondary N) is 2. The van der Waals surface area contributed by atoms with E-state index in [1.165, 1.54) is 0 Å². The summed E-state index contributed by atoms with van der Waals surface area (Å²) in [7, 11) is 1.57. The Balaban J connectivity index is 1.82. The van der Waals surface area contributed by atoms with Crippen molar-refractivity contribution in [1.29, 1.82) is 0 Å². The molecule has 0 heterocycles. The fraction of sp³-hybridized carbons (Fsp3) is 0.115. The number of hydrogen-bond acceptors (Lipinski definition) is 5. The van der Waals surface area contributed by atoms with E-state index < -0.39 is 17.8 Å². The van der Waals surface area contributed by atoms with Gasteiger partial charge in [0.25, 0.3) is 11.8 Å². The van der Waals surface area contributed by atoms with Crippen LogP contribution in [0.15, 0.2) is 84.6 Å². The molecule has 33 heavy (non-hydrogen) atoms. The number of rotatable bonds is 8. The Labute approximate surface area is 192 Å². The van der Waals surface area contributed by atoms with E-state index in [1.54, 1.807) is 99.0 Å². The summed E-state index contributed by atoms with van der Waals surface area (Å²) in [6, 6.07) is 22.0. The zero-order chi connectivity index (χ0) is 23.6. The molecule has 2 amide bonds. The summed E-state index contributed by atoms with van der Waals surface area (Å²) in [5.74, 6) is -0.694. The predicted molar refractivity (Wildman–Crippen MR) is 126 cm³/mol. The Morgan fingerprint density at radius 2 is 1.52 bits per heavy atom. The van der Waals surface area contributed by atoms with Crippen molar-refractivity contribution < 1.29 is 23.9 Å². The first-order valence-electron chi connectivity index (χ1n) is 10.3. The first kappa shape index (κ1) is 23.3. The van der Waals surface area contributed by atoms with Crippen LogP contribution in [0.25, 0.3) is 6.08 Å². The van der Waals surface area contributed by atoms with Gasteiger partial charge in [0, 0.05) is 11.3 Å². The monoisotopic (exact) mass is 444 g/mol. The van der Waals surface area contributed by atoms with E-state index in [4.69, 9.17) is 9.47 Å². The fourth-order valence-corrected chi connectivity index (χ4v) is 2.91. The van der Waals surface area contributed by atoms with Gasteiger partial charge < -0.3 is 20.1 Å². The highest BCUT2D eigenvalue weighted by atomic mass is 16.5. The standard InChI is InChI=1S/C26H24N2O5/c1-3-33-26(31)20-11-13-21(14-12-20)27-25(30)23(17-18-9-15-22(32-2)16-10-18)28-24(29)19-7-5-4-6-8-19/h4-17H,3H2,1-2H3,(H,27,30)(H,28,29)/b23-17+. The van der Waals surface area contributed by atoms with Crippen molar-refractivity contribution in [1.82, 2.24) is 5.32 Å². The van der Waals surface area contributed by atoms with Gasteiger partial charge in [-0.3, -0.25) is 9.59 Å². The van der Waals surface area contributed by atoms with Crippen molar-refractivity contribution in [3.63, 3.8) is 0 Å². The van der Waals surface area contributed by atoms with Crippen LogP contribution in [0.4, 0.5) is 5.69 Å². The van der Waals surface area contributed by atoms with E-state index in [-0.39, 0.29) is 12.3 Å². The summed E-state index contributed by atoms with van der Waals surface area (Å²) < 4.78 is 10.1. The van der Waals surface area contributed by atoms with Crippen LogP contribution < -0.4 is 15.4 Å². The van der Waals surface area contributed by atoms with Crippen LogP contribution in [0.2, 0.25) is 0 Å². The van der Waals surface area contributed by atoms with Gasteiger partial charge in [0.2, 0.25) is 0 Å². The van der Waals surface area contributed by atoms with Crippen molar-refractivity contribution in [2.45, 2.75) is 6.92 Å². The quantitative estimate of drug-likeness (QED) is 0.400. The second kappa shape index (κ2) is 11.3. The smallest absolute Gasteiger partial charge is 0.338 e. The first-order valence-corrected chi connectivity index (χ1v) is 10.3. The van der Waals surface area contributed by atoms with Gasteiger partial charge in [0.15, 0.2) is 0 Å². The second-order valence-corrected chi connectivity index (χ2v) is 6.90. The molecule has 0 atom stereocenters. The largest absolute Gasteiger partial charge is 0.497 e. The van der Waals surface area contributed by atoms with E-state index >= 15 is 0 Å². The van der Waals surface area contributed by atoms with Crippen molar-refractivity contribution in [3.05, 3.63) is 101 Å². The predicted octanol–water partition coefficient (Wildman–Crippen LogP) is 4.28. The van der Waals surface area contributed by atoms with Crippen molar-refractivity contribution in [2.75, 3.05) is 19.0 Å². The molecular weight excluding hydrogens is 420 g/mol. The number of benzene rings is 3. The maximum absolute atomic E-state index is 13.0. The lowest BCUT2D eigenvalue weighted by atomic mass is 10.1. The summed E-state index contributed by atoms with van der Waals surface area (Å²) in [5, 5.41) is 5.42. The lowest BCUT2D eigenvalue weighted by Crippen LogP contribution is -2.30. The van der Waals surface area contributed by atoms with Crippen LogP contribution >= 0.6 is 0 Å². The number of hydrogen-bond donors (Lipinski definition) is 2. The number of esters is 1. The van der Waals surface area contributed by atoms with E-state index in [2.05, 4.69) is 10.6 Å². The lowest BCUT2D eigenvalue weighted by molar-refractivity contribution is -0.113. The van der Waals surface area contributed by atoms with Crippen LogP contribution in [-0.2, 0) is 9.53 Å². The molecule has 0 spiro atoms. The molecule has 7 nitrogen and oxygen atoms in total. The van der Waals surface area contributed by atoms with Gasteiger partial charge in [0.1, 0.15) is 11.4 Å². The number of methoxy groups -OCH3 is 1. The molecule has 7 heteroatoms. The van der Waals surface area contributed by atoms with Crippen LogP contribution in [0, 0.1) is 0 Å². The number of amides is 2. The van der Waals surface area contributed by atoms with E-state index in [1.807, 2.05) is 0 Å². The van der Waals surface area contributed by atoms with Crippen LogP contribution in [0.1, 0.15) is 33.2 Å². The number of ether oxygens (including phenoxy) is 2. The summed E-state index contributed by atoms with van der Waals surface area (Å²) >= 11 is 0. The highest BCUT2D eigenvalue weighted by Gasteiger charge is 2.15. The highest BCUT2D eigenvalue weighted by Crippen LogP contribution is 2.16. The topological polar surface area (TPSA) is 93.7 Å². The average molecular weight is 444 g/mol. The molecule has 0 aromatic heterocycles. The highest BCUT2D eigenvalue weighted by molar-refractivity contribution is 6.10. The van der Waals surface area contributed by atoms with Gasteiger partial charge in [-0.15, -0.1) is 0 Å². The third-order valence-electron chi connectivity index (χ3n) is 4.61. The van der Waals surface area contributed by atoms with Crippen molar-refractivity contribution >= 4 is 29.5 Å². The molecule has 3 aromatic rings. The summed E-state index contributed by atoms with van der Waals surface area (Å²) in [5.41, 5.74) is 2.02. The lowest BCUT2D eigenvalue weighted by Gasteiger charge is -2.12. The van der Waals surface area contributed by atoms with E-state index in [0.29, 0.717) is 28.1 Å². The molecule has 0 bridgehead atoms. The van der Waals surface area contributed by atoms with Crippen LogP contribution in [-0.4, -0.2) is 31.5 Å². The number of anilines is 1. The Bertz CT molecular complexity index is 1140. The molecule has 0 radical (unpaired) electrons. The average Bonchev–Trinajstić information content (AvgIpc) is 2.85. The molecule has 0 aliphatic carbocycles. The van der Waals surface area contributed by atoms with Gasteiger partial charge in [-0.2, -0.15) is 0 Å². The minimum absolute atomic E-state index is 0.0588. The molecule has 168 valence electrons. The third-order valence-corrected chi connectivity index (χ3v) is 4.61. The van der Waals surface area contributed by atoms with Gasteiger partial charge in [-0.1, -0.05) is 30.3 Å². The number of carbonyl (C=O) groups excluding carboxylic acids is 3. The molecule has 0 saturated heterocycles. The minimum Gasteiger partial charge on any atom is -0.497 e. The normalized spacial score (nSPS) is 10.8. The van der Waals surface area contributed by atoms with E-state index in [9.17, 15) is 14.4 Å². The van der Waals surface area contributed by atoms with Crippen molar-refractivity contribution in [3.8, 4) is 5.75 Å². The molecule has 3 aromatic carbocycles. The Hall–Kier alpha value is -4.39. The molecular formula is C26H24N2O5. The van der Waals surface area contributed by atoms with Crippen LogP contribution in [0.5, 0.6) is 5.75 Å². The van der Waals surface area contributed by atoms with Gasteiger partial charge in [-0.25, -0.2) is 4.79 Å². The molecule has 0 aliphatic heterocycles. The maximum Gasteiger partial charge on any atom is 0.338 e. The zero-order valence-electron chi connectivity index (χ0n) is 18.3. The minimum atomic E-state index is -0.515. The van der Waals surface area contributed by atoms with Crippen molar-refractivity contribution in [2.24, 2.45) is 0 Å². The third kappa shape index (κ3) is 6.54. The summed E-state index contributed by atoms with van der Waals surface area (Å²) in [4.78, 5) is 37.5. The van der Waals surface area contributed by atoms with Gasteiger partial charge >= 0.3 is 5.97 Å². The Morgan fingerprint density at radius 1 is 0.848 bits per heavy atom. The molecule has 0 aliphatic rings. The van der Waals surface area contributed by atoms with Gasteiger partial charge in [-0.05, 0) is 67.1 Å². The molecule has 0 unspecified atom stereocenters. The summed E-state index contributed by atoms with van der Waals surface area (Å²) in [6.07, 6.45) is 1.57. The molecule has 0 saturated carbocycles. The molecule has 3 rings (SSSR count). The first-order chi connectivity index (χ1) is 16.0. The Morgan fingerprint density at radius 3 is 2.12 bits per heavy atom. The molecule has 0 fully saturated rings. The SMILES string of the molecule is CCOC(=O)c1ccc(NC(=O)/C(=C\c2ccc(OC)cc2)NC(=O)c2ccccc2)cc1. The van der Waals surface area contributed by atoms with Gasteiger partial charge in [0.05, 0.1) is 19.3 Å². The fourth-order valence-electron chi connectivity index (χ4n) is 2.91. The van der Waals surface area contributed by atoms with Crippen LogP contribution in [0.3, 0.4) is 0 Å². The maximum atomic E-state index is 13.0. The zero-order valence-corrected chi connectivity index (χ0v) is 18.3. The summed E-state index contributed by atoms with van der Waals surface area (Å²) in [6.45, 7) is 2.00. The Kier molecular flexibility index (Phi) is 7.96. The van der Waals surface area contributed by atoms with E-state index in [0.717, 1.165) is 0 Å². The number of carbonyl (C=O) groups is 3. The second-order valence-electron chi connectivity index (χ2n) is 6.90. The molecule has 2 N–H and O–H groups in total.